The van der Waals surface area contributed by atoms with Crippen LogP contribution >= 0.6 is 11.8 Å². The molecule has 1 amide bonds. The van der Waals surface area contributed by atoms with Gasteiger partial charge in [0.2, 0.25) is 5.91 Å². The molecule has 0 bridgehead atoms. The number of likely N-dealkylation sites (tertiary alicyclic amines) is 1. The minimum atomic E-state index is -2.86. The highest BCUT2D eigenvalue weighted by molar-refractivity contribution is 8.02. The molecule has 0 aromatic heterocycles. The van der Waals surface area contributed by atoms with E-state index in [-0.39, 0.29) is 22.7 Å². The van der Waals surface area contributed by atoms with E-state index in [0.29, 0.717) is 31.7 Å². The molecule has 0 aromatic carbocycles. The van der Waals surface area contributed by atoms with Crippen LogP contribution in [0.5, 0.6) is 0 Å². The van der Waals surface area contributed by atoms with Gasteiger partial charge in [0.1, 0.15) is 0 Å². The summed E-state index contributed by atoms with van der Waals surface area (Å²) in [5.41, 5.74) is 0. The summed E-state index contributed by atoms with van der Waals surface area (Å²) in [6.07, 6.45) is 0.910. The van der Waals surface area contributed by atoms with E-state index in [9.17, 15) is 18.3 Å². The number of hydrogen-bond donors (Lipinski definition) is 1. The number of rotatable bonds is 3. The van der Waals surface area contributed by atoms with E-state index < -0.39 is 15.9 Å². The summed E-state index contributed by atoms with van der Waals surface area (Å²) in [7, 11) is -2.86. The van der Waals surface area contributed by atoms with E-state index in [0.717, 1.165) is 0 Å². The lowest BCUT2D eigenvalue weighted by atomic mass is 10.3. The standard InChI is InChI=1S/C10H17NO4S2/c12-8-1-3-11(5-8)10(13)6-16-9-2-4-17(14,15)7-9/h8-9,12H,1-7H2. The van der Waals surface area contributed by atoms with Crippen LogP contribution < -0.4 is 0 Å². The Labute approximate surface area is 105 Å². The number of carbonyl (C=O) groups excluding carboxylic acids is 1. The van der Waals surface area contributed by atoms with E-state index in [1.807, 2.05) is 0 Å². The average Bonchev–Trinajstić information content (AvgIpc) is 2.81. The lowest BCUT2D eigenvalue weighted by molar-refractivity contribution is -0.127. The first kappa shape index (κ1) is 13.2. The summed E-state index contributed by atoms with van der Waals surface area (Å²) in [5.74, 6) is 0.790. The molecule has 7 heteroatoms. The zero-order valence-electron chi connectivity index (χ0n) is 9.54. The number of nitrogens with zero attached hydrogens (tertiary/aromatic N) is 1. The minimum Gasteiger partial charge on any atom is -0.391 e. The molecule has 2 rings (SSSR count). The molecule has 2 fully saturated rings. The average molecular weight is 279 g/mol. The van der Waals surface area contributed by atoms with Crippen LogP contribution in [0.3, 0.4) is 0 Å². The largest absolute Gasteiger partial charge is 0.391 e. The molecule has 98 valence electrons. The molecular weight excluding hydrogens is 262 g/mol. The van der Waals surface area contributed by atoms with Crippen LogP contribution in [0.1, 0.15) is 12.8 Å². The highest BCUT2D eigenvalue weighted by atomic mass is 32.2. The monoisotopic (exact) mass is 279 g/mol. The molecule has 2 heterocycles. The third-order valence-corrected chi connectivity index (χ3v) is 6.42. The zero-order chi connectivity index (χ0) is 12.5. The van der Waals surface area contributed by atoms with Gasteiger partial charge in [0, 0.05) is 18.3 Å². The van der Waals surface area contributed by atoms with Gasteiger partial charge >= 0.3 is 0 Å². The van der Waals surface area contributed by atoms with Crippen molar-refractivity contribution in [1.29, 1.82) is 0 Å². The van der Waals surface area contributed by atoms with Gasteiger partial charge in [-0.25, -0.2) is 8.42 Å². The third-order valence-electron chi connectivity index (χ3n) is 3.15. The van der Waals surface area contributed by atoms with Crippen molar-refractivity contribution in [2.75, 3.05) is 30.3 Å². The fraction of sp³-hybridized carbons (Fsp3) is 0.900. The van der Waals surface area contributed by atoms with Gasteiger partial charge in [-0.1, -0.05) is 0 Å². The van der Waals surface area contributed by atoms with Crippen molar-refractivity contribution in [3.63, 3.8) is 0 Å². The Balaban J connectivity index is 1.74. The highest BCUT2D eigenvalue weighted by Gasteiger charge is 2.30. The molecule has 17 heavy (non-hydrogen) atoms. The first-order chi connectivity index (χ1) is 7.96. The number of hydrogen-bond acceptors (Lipinski definition) is 5. The smallest absolute Gasteiger partial charge is 0.232 e. The van der Waals surface area contributed by atoms with Crippen LogP contribution in [-0.4, -0.2) is 66.0 Å². The second kappa shape index (κ2) is 5.16. The van der Waals surface area contributed by atoms with Crippen LogP contribution in [0.15, 0.2) is 0 Å². The topological polar surface area (TPSA) is 74.7 Å². The summed E-state index contributed by atoms with van der Waals surface area (Å²) < 4.78 is 22.5. The van der Waals surface area contributed by atoms with Crippen molar-refractivity contribution in [2.24, 2.45) is 0 Å². The summed E-state index contributed by atoms with van der Waals surface area (Å²) in [5, 5.41) is 9.38. The van der Waals surface area contributed by atoms with Gasteiger partial charge in [-0.2, -0.15) is 0 Å². The molecule has 0 radical (unpaired) electrons. The number of aliphatic hydroxyl groups is 1. The van der Waals surface area contributed by atoms with Gasteiger partial charge in [-0.15, -0.1) is 11.8 Å². The predicted octanol–water partition coefficient (Wildman–Crippen LogP) is -0.500. The Morgan fingerprint density at radius 2 is 2.18 bits per heavy atom. The summed E-state index contributed by atoms with van der Waals surface area (Å²) in [6.45, 7) is 1.03. The first-order valence-corrected chi connectivity index (χ1v) is 8.61. The van der Waals surface area contributed by atoms with E-state index in [4.69, 9.17) is 0 Å². The van der Waals surface area contributed by atoms with Gasteiger partial charge in [-0.05, 0) is 12.8 Å². The number of amides is 1. The zero-order valence-corrected chi connectivity index (χ0v) is 11.2. The van der Waals surface area contributed by atoms with Crippen molar-refractivity contribution >= 4 is 27.5 Å². The maximum absolute atomic E-state index is 11.8. The number of aliphatic hydroxyl groups excluding tert-OH is 1. The molecule has 0 aromatic rings. The van der Waals surface area contributed by atoms with Gasteiger partial charge in [0.15, 0.2) is 9.84 Å². The Bertz CT molecular complexity index is 395. The summed E-state index contributed by atoms with van der Waals surface area (Å²) in [6, 6.07) is 0. The fourth-order valence-electron chi connectivity index (χ4n) is 2.14. The quantitative estimate of drug-likeness (QED) is 0.754. The lowest BCUT2D eigenvalue weighted by Crippen LogP contribution is -2.31. The molecule has 2 unspecified atom stereocenters. The molecule has 0 spiro atoms. The molecule has 0 aliphatic carbocycles. The molecule has 5 nitrogen and oxygen atoms in total. The number of carbonyl (C=O) groups is 1. The molecule has 2 aliphatic rings. The molecule has 2 saturated heterocycles. The van der Waals surface area contributed by atoms with E-state index in [1.54, 1.807) is 4.90 Å². The van der Waals surface area contributed by atoms with Gasteiger partial charge in [0.05, 0.1) is 23.4 Å². The van der Waals surface area contributed by atoms with E-state index in [2.05, 4.69) is 0 Å². The lowest BCUT2D eigenvalue weighted by Gasteiger charge is -2.16. The SMILES string of the molecule is O=C(CSC1CCS(=O)(=O)C1)N1CCC(O)C1. The minimum absolute atomic E-state index is 0.0100. The van der Waals surface area contributed by atoms with Crippen LogP contribution in [0, 0.1) is 0 Å². The second-order valence-corrected chi connectivity index (χ2v) is 8.14. The number of β-amino-alcohol motifs (C(OH)–C–C–N with tert-alkyl or cyclic N) is 1. The van der Waals surface area contributed by atoms with E-state index >= 15 is 0 Å². The molecule has 2 atom stereocenters. The van der Waals surface area contributed by atoms with Crippen LogP contribution in [0.2, 0.25) is 0 Å². The fourth-order valence-corrected chi connectivity index (χ4v) is 5.69. The Morgan fingerprint density at radius 1 is 1.41 bits per heavy atom. The van der Waals surface area contributed by atoms with Crippen molar-refractivity contribution in [3.05, 3.63) is 0 Å². The second-order valence-electron chi connectivity index (χ2n) is 4.62. The summed E-state index contributed by atoms with van der Waals surface area (Å²) in [4.78, 5) is 13.4. The Morgan fingerprint density at radius 3 is 2.71 bits per heavy atom. The van der Waals surface area contributed by atoms with Gasteiger partial charge in [0.25, 0.3) is 0 Å². The van der Waals surface area contributed by atoms with E-state index in [1.165, 1.54) is 11.8 Å². The molecule has 2 aliphatic heterocycles. The van der Waals surface area contributed by atoms with Crippen molar-refractivity contribution in [1.82, 2.24) is 4.90 Å². The number of sulfone groups is 1. The van der Waals surface area contributed by atoms with Gasteiger partial charge < -0.3 is 10.0 Å². The first-order valence-electron chi connectivity index (χ1n) is 5.74. The Hall–Kier alpha value is -0.270. The molecular formula is C10H17NO4S2. The molecule has 0 saturated carbocycles. The third kappa shape index (κ3) is 3.59. The van der Waals surface area contributed by atoms with Crippen LogP contribution in [-0.2, 0) is 14.6 Å². The Kier molecular flexibility index (Phi) is 3.99. The normalized spacial score (nSPS) is 31.9. The van der Waals surface area contributed by atoms with Gasteiger partial charge in [-0.3, -0.25) is 4.79 Å². The van der Waals surface area contributed by atoms with Crippen LogP contribution in [0.4, 0.5) is 0 Å². The van der Waals surface area contributed by atoms with Crippen molar-refractivity contribution in [3.8, 4) is 0 Å². The predicted molar refractivity (Wildman–Crippen MR) is 66.7 cm³/mol. The maximum Gasteiger partial charge on any atom is 0.232 e. The molecule has 1 N–H and O–H groups in total. The number of thioether (sulfide) groups is 1. The maximum atomic E-state index is 11.8. The van der Waals surface area contributed by atoms with Crippen LogP contribution in [0.25, 0.3) is 0 Å². The van der Waals surface area contributed by atoms with Crippen molar-refractivity contribution in [2.45, 2.75) is 24.2 Å². The highest BCUT2D eigenvalue weighted by Crippen LogP contribution is 2.24. The summed E-state index contributed by atoms with van der Waals surface area (Å²) >= 11 is 1.43. The van der Waals surface area contributed by atoms with Crippen molar-refractivity contribution < 1.29 is 18.3 Å².